The van der Waals surface area contributed by atoms with Gasteiger partial charge in [0.25, 0.3) is 0 Å². The van der Waals surface area contributed by atoms with Crippen molar-refractivity contribution in [3.05, 3.63) is 52.2 Å². The summed E-state index contributed by atoms with van der Waals surface area (Å²) in [6.07, 6.45) is 0.993. The van der Waals surface area contributed by atoms with Crippen molar-refractivity contribution in [3.63, 3.8) is 0 Å². The zero-order valence-corrected chi connectivity index (χ0v) is 9.12. The van der Waals surface area contributed by atoms with E-state index < -0.39 is 11.8 Å². The number of aromatic hydroxyl groups is 1. The molecule has 0 aliphatic carbocycles. The second-order valence-corrected chi connectivity index (χ2v) is 3.64. The molecular weight excluding hydrogens is 220 g/mol. The lowest BCUT2D eigenvalue weighted by Gasteiger charge is -2.12. The molecule has 1 unspecified atom stereocenters. The molecule has 1 atom stereocenters. The summed E-state index contributed by atoms with van der Waals surface area (Å²) < 4.78 is 5.71. The third-order valence-corrected chi connectivity index (χ3v) is 2.59. The van der Waals surface area contributed by atoms with E-state index in [1.807, 2.05) is 6.07 Å². The average molecular weight is 230 g/mol. The van der Waals surface area contributed by atoms with Crippen molar-refractivity contribution in [2.24, 2.45) is 0 Å². The van der Waals surface area contributed by atoms with Crippen LogP contribution in [0, 0.1) is 11.3 Å². The van der Waals surface area contributed by atoms with Crippen LogP contribution in [0.1, 0.15) is 24.1 Å². The van der Waals surface area contributed by atoms with Crippen LogP contribution in [0.3, 0.4) is 0 Å². The van der Waals surface area contributed by atoms with E-state index in [-0.39, 0.29) is 5.88 Å². The monoisotopic (exact) mass is 230 g/mol. The van der Waals surface area contributed by atoms with Crippen molar-refractivity contribution in [2.45, 2.75) is 13.0 Å². The Balaban J connectivity index is 2.48. The maximum absolute atomic E-state index is 11.4. The van der Waals surface area contributed by atoms with Gasteiger partial charge in [-0.05, 0) is 24.6 Å². The standard InChI is InChI=1S/C12H10N2O3/c1-8(14-11(15)7-17-12(14)16)10-4-2-3-9(5-10)6-13/h2-5,7-8,15H,1H3. The number of benzene rings is 1. The molecule has 1 N–H and O–H groups in total. The van der Waals surface area contributed by atoms with Gasteiger partial charge in [-0.2, -0.15) is 5.26 Å². The van der Waals surface area contributed by atoms with Crippen molar-refractivity contribution in [3.8, 4) is 11.9 Å². The Morgan fingerprint density at radius 1 is 1.53 bits per heavy atom. The van der Waals surface area contributed by atoms with Crippen molar-refractivity contribution in [1.82, 2.24) is 4.57 Å². The van der Waals surface area contributed by atoms with Gasteiger partial charge in [0.05, 0.1) is 17.7 Å². The lowest BCUT2D eigenvalue weighted by atomic mass is 10.1. The Labute approximate surface area is 97.2 Å². The van der Waals surface area contributed by atoms with Crippen LogP contribution in [0.2, 0.25) is 0 Å². The van der Waals surface area contributed by atoms with E-state index in [1.165, 1.54) is 0 Å². The minimum Gasteiger partial charge on any atom is -0.492 e. The SMILES string of the molecule is CC(c1cccc(C#N)c1)n1c(O)coc1=O. The van der Waals surface area contributed by atoms with E-state index in [4.69, 9.17) is 5.26 Å². The van der Waals surface area contributed by atoms with Gasteiger partial charge in [0, 0.05) is 0 Å². The second kappa shape index (κ2) is 4.18. The molecule has 2 rings (SSSR count). The summed E-state index contributed by atoms with van der Waals surface area (Å²) in [6.45, 7) is 1.74. The number of oxazole rings is 1. The third-order valence-electron chi connectivity index (χ3n) is 2.59. The molecule has 0 amide bonds. The molecule has 0 saturated heterocycles. The first-order valence-electron chi connectivity index (χ1n) is 5.02. The molecule has 86 valence electrons. The van der Waals surface area contributed by atoms with Crippen molar-refractivity contribution >= 4 is 0 Å². The molecule has 5 nitrogen and oxygen atoms in total. The Kier molecular flexibility index (Phi) is 2.71. The Morgan fingerprint density at radius 3 is 2.88 bits per heavy atom. The number of hydrogen-bond donors (Lipinski definition) is 1. The van der Waals surface area contributed by atoms with Gasteiger partial charge in [-0.3, -0.25) is 0 Å². The Hall–Kier alpha value is -2.48. The summed E-state index contributed by atoms with van der Waals surface area (Å²) in [5.74, 6) is -0.859. The Bertz CT molecular complexity index is 634. The molecule has 0 saturated carbocycles. The number of aromatic nitrogens is 1. The van der Waals surface area contributed by atoms with Gasteiger partial charge in [-0.1, -0.05) is 12.1 Å². The average Bonchev–Trinajstić information content (AvgIpc) is 2.68. The van der Waals surface area contributed by atoms with Gasteiger partial charge in [0.2, 0.25) is 5.88 Å². The molecule has 2 aromatic rings. The summed E-state index contributed by atoms with van der Waals surface area (Å²) in [5.41, 5.74) is 1.26. The highest BCUT2D eigenvalue weighted by atomic mass is 16.4. The van der Waals surface area contributed by atoms with E-state index in [0.29, 0.717) is 5.56 Å². The van der Waals surface area contributed by atoms with Gasteiger partial charge in [0.1, 0.15) is 0 Å². The Morgan fingerprint density at radius 2 is 2.29 bits per heavy atom. The molecule has 17 heavy (non-hydrogen) atoms. The lowest BCUT2D eigenvalue weighted by Crippen LogP contribution is -2.19. The minimum absolute atomic E-state index is 0.232. The fourth-order valence-corrected chi connectivity index (χ4v) is 1.68. The summed E-state index contributed by atoms with van der Waals surface area (Å²) >= 11 is 0. The highest BCUT2D eigenvalue weighted by molar-refractivity contribution is 5.34. The molecule has 0 bridgehead atoms. The van der Waals surface area contributed by atoms with E-state index in [1.54, 1.807) is 31.2 Å². The normalized spacial score (nSPS) is 12.0. The first kappa shape index (κ1) is 11.0. The third kappa shape index (κ3) is 1.93. The lowest BCUT2D eigenvalue weighted by molar-refractivity contribution is 0.401. The van der Waals surface area contributed by atoms with Crippen molar-refractivity contribution in [1.29, 1.82) is 5.26 Å². The predicted molar refractivity (Wildman–Crippen MR) is 59.6 cm³/mol. The van der Waals surface area contributed by atoms with Crippen molar-refractivity contribution in [2.75, 3.05) is 0 Å². The maximum Gasteiger partial charge on any atom is 0.422 e. The van der Waals surface area contributed by atoms with Crippen LogP contribution in [-0.2, 0) is 0 Å². The summed E-state index contributed by atoms with van der Waals surface area (Å²) in [5, 5.41) is 18.3. The summed E-state index contributed by atoms with van der Waals surface area (Å²) in [4.78, 5) is 11.4. The maximum atomic E-state index is 11.4. The van der Waals surface area contributed by atoms with Crippen LogP contribution in [0.15, 0.2) is 39.7 Å². The largest absolute Gasteiger partial charge is 0.492 e. The van der Waals surface area contributed by atoms with Gasteiger partial charge in [-0.25, -0.2) is 9.36 Å². The predicted octanol–water partition coefficient (Wildman–Crippen LogP) is 1.63. The van der Waals surface area contributed by atoms with Gasteiger partial charge >= 0.3 is 5.76 Å². The minimum atomic E-state index is -0.627. The molecule has 5 heteroatoms. The molecule has 1 aromatic carbocycles. The van der Waals surface area contributed by atoms with E-state index >= 15 is 0 Å². The number of rotatable bonds is 2. The molecule has 1 heterocycles. The first-order chi connectivity index (χ1) is 8.13. The van der Waals surface area contributed by atoms with E-state index in [2.05, 4.69) is 4.42 Å². The highest BCUT2D eigenvalue weighted by Gasteiger charge is 2.16. The molecule has 0 aliphatic heterocycles. The number of nitriles is 1. The molecule has 0 spiro atoms. The number of nitrogens with zero attached hydrogens (tertiary/aromatic N) is 2. The molecule has 0 radical (unpaired) electrons. The smallest absolute Gasteiger partial charge is 0.422 e. The summed E-state index contributed by atoms with van der Waals surface area (Å²) in [7, 11) is 0. The topological polar surface area (TPSA) is 79.2 Å². The van der Waals surface area contributed by atoms with Crippen LogP contribution < -0.4 is 5.76 Å². The zero-order valence-electron chi connectivity index (χ0n) is 9.12. The molecule has 0 fully saturated rings. The van der Waals surface area contributed by atoms with E-state index in [9.17, 15) is 9.90 Å². The van der Waals surface area contributed by atoms with Crippen LogP contribution in [0.4, 0.5) is 0 Å². The quantitative estimate of drug-likeness (QED) is 0.850. The highest BCUT2D eigenvalue weighted by Crippen LogP contribution is 2.21. The second-order valence-electron chi connectivity index (χ2n) is 3.64. The summed E-state index contributed by atoms with van der Waals surface area (Å²) in [6, 6.07) is 8.49. The van der Waals surface area contributed by atoms with Gasteiger partial charge < -0.3 is 9.52 Å². The molecule has 1 aromatic heterocycles. The fraction of sp³-hybridized carbons (Fsp3) is 0.167. The van der Waals surface area contributed by atoms with Gasteiger partial charge in [-0.15, -0.1) is 0 Å². The van der Waals surface area contributed by atoms with E-state index in [0.717, 1.165) is 16.4 Å². The molecular formula is C12H10N2O3. The van der Waals surface area contributed by atoms with Crippen molar-refractivity contribution < 1.29 is 9.52 Å². The van der Waals surface area contributed by atoms with Crippen LogP contribution >= 0.6 is 0 Å². The fourth-order valence-electron chi connectivity index (χ4n) is 1.68. The first-order valence-corrected chi connectivity index (χ1v) is 5.02. The van der Waals surface area contributed by atoms with Crippen LogP contribution in [-0.4, -0.2) is 9.67 Å². The van der Waals surface area contributed by atoms with Gasteiger partial charge in [0.15, 0.2) is 6.26 Å². The zero-order chi connectivity index (χ0) is 12.4. The number of hydrogen-bond acceptors (Lipinski definition) is 4. The van der Waals surface area contributed by atoms with Crippen LogP contribution in [0.25, 0.3) is 0 Å². The molecule has 0 aliphatic rings. The van der Waals surface area contributed by atoms with Crippen LogP contribution in [0.5, 0.6) is 5.88 Å².